The first-order valence-corrected chi connectivity index (χ1v) is 4.95. The molecule has 1 aromatic carbocycles. The SMILES string of the molecule is Cc1ccc(Br)cc1-c1cc(N)on1. The Morgan fingerprint density at radius 3 is 2.79 bits per heavy atom. The maximum atomic E-state index is 5.46. The summed E-state index contributed by atoms with van der Waals surface area (Å²) in [6.07, 6.45) is 0. The molecule has 14 heavy (non-hydrogen) atoms. The van der Waals surface area contributed by atoms with E-state index in [4.69, 9.17) is 10.3 Å². The Balaban J connectivity index is 2.55. The summed E-state index contributed by atoms with van der Waals surface area (Å²) >= 11 is 3.41. The van der Waals surface area contributed by atoms with Crippen LogP contribution in [0, 0.1) is 6.92 Å². The molecule has 4 heteroatoms. The summed E-state index contributed by atoms with van der Waals surface area (Å²) in [5.41, 5.74) is 8.40. The Morgan fingerprint density at radius 1 is 1.36 bits per heavy atom. The maximum absolute atomic E-state index is 5.46. The van der Waals surface area contributed by atoms with Gasteiger partial charge in [0.1, 0.15) is 5.69 Å². The predicted molar refractivity (Wildman–Crippen MR) is 58.8 cm³/mol. The van der Waals surface area contributed by atoms with Crippen LogP contribution < -0.4 is 5.73 Å². The first kappa shape index (κ1) is 9.27. The van der Waals surface area contributed by atoms with E-state index in [1.54, 1.807) is 6.07 Å². The van der Waals surface area contributed by atoms with Gasteiger partial charge in [-0.1, -0.05) is 27.2 Å². The molecule has 0 aliphatic heterocycles. The summed E-state index contributed by atoms with van der Waals surface area (Å²) in [7, 11) is 0. The molecule has 1 heterocycles. The normalized spacial score (nSPS) is 10.4. The number of nitrogen functional groups attached to an aromatic ring is 1. The van der Waals surface area contributed by atoms with Gasteiger partial charge in [0, 0.05) is 16.1 Å². The van der Waals surface area contributed by atoms with Crippen LogP contribution in [0.4, 0.5) is 5.88 Å². The molecule has 0 saturated carbocycles. The van der Waals surface area contributed by atoms with Crippen molar-refractivity contribution in [1.82, 2.24) is 5.16 Å². The monoisotopic (exact) mass is 252 g/mol. The molecule has 0 spiro atoms. The molecule has 1 aromatic heterocycles. The molecule has 3 nitrogen and oxygen atoms in total. The Bertz CT molecular complexity index is 465. The van der Waals surface area contributed by atoms with E-state index in [1.165, 1.54) is 0 Å². The fourth-order valence-electron chi connectivity index (χ4n) is 1.29. The summed E-state index contributed by atoms with van der Waals surface area (Å²) in [6, 6.07) is 7.72. The van der Waals surface area contributed by atoms with Crippen molar-refractivity contribution < 1.29 is 4.52 Å². The minimum atomic E-state index is 0.333. The van der Waals surface area contributed by atoms with Crippen molar-refractivity contribution in [3.05, 3.63) is 34.3 Å². The second kappa shape index (κ2) is 3.46. The second-order valence-corrected chi connectivity index (χ2v) is 3.99. The molecule has 0 unspecified atom stereocenters. The Hall–Kier alpha value is -1.29. The van der Waals surface area contributed by atoms with Gasteiger partial charge in [0.05, 0.1) is 0 Å². The van der Waals surface area contributed by atoms with E-state index >= 15 is 0 Å². The smallest absolute Gasteiger partial charge is 0.222 e. The molecule has 0 amide bonds. The molecule has 0 saturated heterocycles. The number of nitrogens with two attached hydrogens (primary N) is 1. The first-order valence-electron chi connectivity index (χ1n) is 4.15. The summed E-state index contributed by atoms with van der Waals surface area (Å²) in [6.45, 7) is 2.02. The number of nitrogens with zero attached hydrogens (tertiary/aromatic N) is 1. The first-order chi connectivity index (χ1) is 6.66. The average Bonchev–Trinajstić information content (AvgIpc) is 2.56. The lowest BCUT2D eigenvalue weighted by Crippen LogP contribution is -1.82. The molecular weight excluding hydrogens is 244 g/mol. The zero-order valence-electron chi connectivity index (χ0n) is 7.62. The van der Waals surface area contributed by atoms with E-state index in [0.29, 0.717) is 5.88 Å². The fraction of sp³-hybridized carbons (Fsp3) is 0.100. The summed E-state index contributed by atoms with van der Waals surface area (Å²) in [5, 5.41) is 3.87. The van der Waals surface area contributed by atoms with Gasteiger partial charge in [0.2, 0.25) is 5.88 Å². The van der Waals surface area contributed by atoms with Crippen molar-refractivity contribution in [3.63, 3.8) is 0 Å². The van der Waals surface area contributed by atoms with E-state index < -0.39 is 0 Å². The molecule has 0 fully saturated rings. The van der Waals surface area contributed by atoms with Crippen LogP contribution in [0.1, 0.15) is 5.56 Å². The van der Waals surface area contributed by atoms with E-state index in [-0.39, 0.29) is 0 Å². The quantitative estimate of drug-likeness (QED) is 0.849. The lowest BCUT2D eigenvalue weighted by Gasteiger charge is -2.01. The van der Waals surface area contributed by atoms with Crippen LogP contribution in [0.15, 0.2) is 33.3 Å². The van der Waals surface area contributed by atoms with Crippen molar-refractivity contribution in [2.75, 3.05) is 5.73 Å². The van der Waals surface area contributed by atoms with Crippen molar-refractivity contribution >= 4 is 21.8 Å². The molecule has 0 bridgehead atoms. The molecule has 0 atom stereocenters. The number of rotatable bonds is 1. The second-order valence-electron chi connectivity index (χ2n) is 3.07. The molecule has 2 rings (SSSR count). The Kier molecular flexibility index (Phi) is 2.29. The summed E-state index contributed by atoms with van der Waals surface area (Å²) in [4.78, 5) is 0. The molecular formula is C10H9BrN2O. The van der Waals surface area contributed by atoms with E-state index in [2.05, 4.69) is 21.1 Å². The number of benzene rings is 1. The number of anilines is 1. The predicted octanol–water partition coefficient (Wildman–Crippen LogP) is 2.99. The molecule has 72 valence electrons. The van der Waals surface area contributed by atoms with Crippen molar-refractivity contribution in [1.29, 1.82) is 0 Å². The summed E-state index contributed by atoms with van der Waals surface area (Å²) in [5.74, 6) is 0.333. The van der Waals surface area contributed by atoms with E-state index in [1.807, 2.05) is 25.1 Å². The highest BCUT2D eigenvalue weighted by Crippen LogP contribution is 2.26. The highest BCUT2D eigenvalue weighted by molar-refractivity contribution is 9.10. The van der Waals surface area contributed by atoms with E-state index in [0.717, 1.165) is 21.3 Å². The fourth-order valence-corrected chi connectivity index (χ4v) is 1.65. The van der Waals surface area contributed by atoms with Crippen LogP contribution in [-0.4, -0.2) is 5.16 Å². The van der Waals surface area contributed by atoms with Crippen molar-refractivity contribution in [2.45, 2.75) is 6.92 Å². The lowest BCUT2D eigenvalue weighted by atomic mass is 10.1. The number of aromatic nitrogens is 1. The Morgan fingerprint density at radius 2 is 2.14 bits per heavy atom. The van der Waals surface area contributed by atoms with Gasteiger partial charge in [0.15, 0.2) is 0 Å². The van der Waals surface area contributed by atoms with Crippen LogP contribution in [-0.2, 0) is 0 Å². The van der Waals surface area contributed by atoms with Gasteiger partial charge >= 0.3 is 0 Å². The molecule has 0 aliphatic carbocycles. The topological polar surface area (TPSA) is 52.0 Å². The van der Waals surface area contributed by atoms with Crippen molar-refractivity contribution in [2.24, 2.45) is 0 Å². The molecule has 2 aromatic rings. The highest BCUT2D eigenvalue weighted by Gasteiger charge is 2.07. The average molecular weight is 253 g/mol. The minimum Gasteiger partial charge on any atom is -0.368 e. The van der Waals surface area contributed by atoms with Crippen LogP contribution in [0.5, 0.6) is 0 Å². The van der Waals surface area contributed by atoms with Gasteiger partial charge in [-0.05, 0) is 24.6 Å². The summed E-state index contributed by atoms with van der Waals surface area (Å²) < 4.78 is 5.84. The molecule has 0 radical (unpaired) electrons. The number of hydrogen-bond donors (Lipinski definition) is 1. The molecule has 2 N–H and O–H groups in total. The number of hydrogen-bond acceptors (Lipinski definition) is 3. The number of halogens is 1. The van der Waals surface area contributed by atoms with Gasteiger partial charge in [-0.3, -0.25) is 0 Å². The zero-order chi connectivity index (χ0) is 10.1. The highest BCUT2D eigenvalue weighted by atomic mass is 79.9. The van der Waals surface area contributed by atoms with Gasteiger partial charge < -0.3 is 10.3 Å². The van der Waals surface area contributed by atoms with E-state index in [9.17, 15) is 0 Å². The van der Waals surface area contributed by atoms with Crippen molar-refractivity contribution in [3.8, 4) is 11.3 Å². The van der Waals surface area contributed by atoms with Gasteiger partial charge in [0.25, 0.3) is 0 Å². The van der Waals surface area contributed by atoms with Crippen LogP contribution >= 0.6 is 15.9 Å². The zero-order valence-corrected chi connectivity index (χ0v) is 9.21. The van der Waals surface area contributed by atoms with Gasteiger partial charge in [-0.2, -0.15) is 0 Å². The number of aryl methyl sites for hydroxylation is 1. The van der Waals surface area contributed by atoms with Gasteiger partial charge in [-0.25, -0.2) is 0 Å². The lowest BCUT2D eigenvalue weighted by molar-refractivity contribution is 0.439. The van der Waals surface area contributed by atoms with Crippen LogP contribution in [0.25, 0.3) is 11.3 Å². The standard InChI is InChI=1S/C10H9BrN2O/c1-6-2-3-7(11)4-8(6)9-5-10(12)14-13-9/h2-5H,12H2,1H3. The third kappa shape index (κ3) is 1.65. The largest absolute Gasteiger partial charge is 0.368 e. The maximum Gasteiger partial charge on any atom is 0.222 e. The third-order valence-corrected chi connectivity index (χ3v) is 2.50. The molecule has 0 aliphatic rings. The van der Waals surface area contributed by atoms with Crippen LogP contribution in [0.3, 0.4) is 0 Å². The third-order valence-electron chi connectivity index (χ3n) is 2.00. The van der Waals surface area contributed by atoms with Crippen LogP contribution in [0.2, 0.25) is 0 Å². The van der Waals surface area contributed by atoms with Gasteiger partial charge in [-0.15, -0.1) is 0 Å². The minimum absolute atomic E-state index is 0.333. The Labute approximate surface area is 90.0 Å².